The smallest absolute Gasteiger partial charge is 0.339 e. The van der Waals surface area contributed by atoms with Gasteiger partial charge in [-0.1, -0.05) is 0 Å². The molecule has 3 aliphatic heterocycles. The van der Waals surface area contributed by atoms with Crippen LogP contribution in [0, 0.1) is 5.41 Å². The Labute approximate surface area is 103 Å². The Hall–Kier alpha value is -2.43. The maximum atomic E-state index is 11.2. The molecule has 0 aliphatic carbocycles. The van der Waals surface area contributed by atoms with Crippen LogP contribution in [0.3, 0.4) is 0 Å². The largest absolute Gasteiger partial charge is 0.478 e. The van der Waals surface area contributed by atoms with Gasteiger partial charge in [0, 0.05) is 12.4 Å². The van der Waals surface area contributed by atoms with E-state index in [4.69, 9.17) is 4.74 Å². The molecule has 0 aromatic carbocycles. The summed E-state index contributed by atoms with van der Waals surface area (Å²) in [6.45, 7) is 0.443. The lowest BCUT2D eigenvalue weighted by Crippen LogP contribution is -2.23. The Morgan fingerprint density at radius 3 is 2.89 bits per heavy atom. The highest BCUT2D eigenvalue weighted by Gasteiger charge is 2.37. The molecule has 5 nitrogen and oxygen atoms in total. The van der Waals surface area contributed by atoms with Crippen LogP contribution in [0.2, 0.25) is 0 Å². The van der Waals surface area contributed by atoms with E-state index in [2.05, 4.69) is 9.98 Å². The molecule has 0 saturated carbocycles. The standard InChI is InChI=1S/C13H10N2O3/c16-12(17)9-7-14-8-13(2-5-18-6-3-13)10-1-4-15-11(9)10/h1-7H,8H2,(H,16,17). The second-order valence-corrected chi connectivity index (χ2v) is 4.18. The first-order chi connectivity index (χ1) is 8.73. The highest BCUT2D eigenvalue weighted by atomic mass is 16.5. The number of allylic oxidation sites excluding steroid dienone is 2. The molecule has 90 valence electrons. The number of ether oxygens (including phenoxy) is 1. The second kappa shape index (κ2) is 3.80. The minimum Gasteiger partial charge on any atom is -0.478 e. The summed E-state index contributed by atoms with van der Waals surface area (Å²) in [6, 6.07) is 0. The van der Waals surface area contributed by atoms with Crippen molar-refractivity contribution >= 4 is 18.4 Å². The quantitative estimate of drug-likeness (QED) is 0.756. The molecular weight excluding hydrogens is 232 g/mol. The third-order valence-electron chi connectivity index (χ3n) is 3.15. The van der Waals surface area contributed by atoms with Crippen molar-refractivity contribution in [3.05, 3.63) is 47.6 Å². The summed E-state index contributed by atoms with van der Waals surface area (Å²) in [5.41, 5.74) is 0.978. The normalized spacial score (nSPS) is 22.8. The van der Waals surface area contributed by atoms with Crippen LogP contribution >= 0.6 is 0 Å². The van der Waals surface area contributed by atoms with Crippen LogP contribution in [-0.4, -0.2) is 30.0 Å². The topological polar surface area (TPSA) is 71.2 Å². The van der Waals surface area contributed by atoms with Gasteiger partial charge in [0.15, 0.2) is 0 Å². The molecule has 0 atom stereocenters. The first-order valence-electron chi connectivity index (χ1n) is 5.46. The molecule has 1 spiro atoms. The monoisotopic (exact) mass is 242 g/mol. The van der Waals surface area contributed by atoms with E-state index in [1.807, 2.05) is 18.2 Å². The van der Waals surface area contributed by atoms with Crippen LogP contribution in [-0.2, 0) is 9.53 Å². The SMILES string of the molecule is O=C(O)C1=C2N=CC=C2C2(C=COC=C2)CN=C1. The van der Waals surface area contributed by atoms with Gasteiger partial charge in [0.05, 0.1) is 30.2 Å². The molecule has 0 bridgehead atoms. The average molecular weight is 242 g/mol. The number of carboxylic acid groups (broad SMARTS) is 1. The Balaban J connectivity index is 2.18. The minimum atomic E-state index is -1.02. The number of carbonyl (C=O) groups is 1. The van der Waals surface area contributed by atoms with Gasteiger partial charge in [-0.3, -0.25) is 9.98 Å². The van der Waals surface area contributed by atoms with Crippen molar-refractivity contribution in [2.75, 3.05) is 6.54 Å². The van der Waals surface area contributed by atoms with Gasteiger partial charge in [-0.25, -0.2) is 4.79 Å². The van der Waals surface area contributed by atoms with Crippen LogP contribution in [0.15, 0.2) is 57.6 Å². The third kappa shape index (κ3) is 1.44. The van der Waals surface area contributed by atoms with E-state index >= 15 is 0 Å². The number of rotatable bonds is 1. The predicted molar refractivity (Wildman–Crippen MR) is 66.4 cm³/mol. The van der Waals surface area contributed by atoms with Gasteiger partial charge in [-0.05, 0) is 23.8 Å². The van der Waals surface area contributed by atoms with E-state index < -0.39 is 11.4 Å². The van der Waals surface area contributed by atoms with Crippen molar-refractivity contribution in [1.82, 2.24) is 0 Å². The lowest BCUT2D eigenvalue weighted by Gasteiger charge is -2.28. The number of hydrogen-bond acceptors (Lipinski definition) is 4. The van der Waals surface area contributed by atoms with Gasteiger partial charge < -0.3 is 9.84 Å². The van der Waals surface area contributed by atoms with Crippen LogP contribution in [0.4, 0.5) is 0 Å². The zero-order valence-corrected chi connectivity index (χ0v) is 9.41. The molecule has 3 rings (SSSR count). The van der Waals surface area contributed by atoms with E-state index in [1.54, 1.807) is 18.7 Å². The molecule has 3 heterocycles. The molecular formula is C13H10N2O3. The van der Waals surface area contributed by atoms with Crippen molar-refractivity contribution in [2.24, 2.45) is 15.4 Å². The van der Waals surface area contributed by atoms with Crippen molar-refractivity contribution < 1.29 is 14.6 Å². The Morgan fingerprint density at radius 1 is 1.39 bits per heavy atom. The molecule has 0 aromatic heterocycles. The average Bonchev–Trinajstić information content (AvgIpc) is 2.80. The first kappa shape index (κ1) is 10.7. The number of carboxylic acids is 1. The summed E-state index contributed by atoms with van der Waals surface area (Å²) in [5, 5.41) is 9.19. The fourth-order valence-corrected chi connectivity index (χ4v) is 2.22. The van der Waals surface area contributed by atoms with Crippen LogP contribution < -0.4 is 0 Å². The van der Waals surface area contributed by atoms with Gasteiger partial charge in [0.2, 0.25) is 0 Å². The van der Waals surface area contributed by atoms with Gasteiger partial charge in [-0.15, -0.1) is 0 Å². The van der Waals surface area contributed by atoms with Crippen LogP contribution in [0.5, 0.6) is 0 Å². The Kier molecular flexibility index (Phi) is 2.26. The molecule has 0 saturated heterocycles. The first-order valence-corrected chi connectivity index (χ1v) is 5.46. The van der Waals surface area contributed by atoms with E-state index in [-0.39, 0.29) is 5.57 Å². The van der Waals surface area contributed by atoms with Crippen LogP contribution in [0.1, 0.15) is 0 Å². The fourth-order valence-electron chi connectivity index (χ4n) is 2.22. The fraction of sp³-hybridized carbons (Fsp3) is 0.154. The highest BCUT2D eigenvalue weighted by Crippen LogP contribution is 2.42. The summed E-state index contributed by atoms with van der Waals surface area (Å²) in [6.07, 6.45) is 11.7. The number of fused-ring (bicyclic) bond motifs is 2. The van der Waals surface area contributed by atoms with Gasteiger partial charge >= 0.3 is 5.97 Å². The highest BCUT2D eigenvalue weighted by molar-refractivity contribution is 6.11. The van der Waals surface area contributed by atoms with Gasteiger partial charge in [-0.2, -0.15) is 0 Å². The molecule has 0 amide bonds. The molecule has 3 aliphatic rings. The number of hydrogen-bond donors (Lipinski definition) is 1. The summed E-state index contributed by atoms with van der Waals surface area (Å²) in [5.74, 6) is -1.02. The maximum Gasteiger partial charge on any atom is 0.339 e. The maximum absolute atomic E-state index is 11.2. The van der Waals surface area contributed by atoms with Crippen LogP contribution in [0.25, 0.3) is 0 Å². The van der Waals surface area contributed by atoms with E-state index in [0.717, 1.165) is 5.57 Å². The van der Waals surface area contributed by atoms with Gasteiger partial charge in [0.1, 0.15) is 5.57 Å². The summed E-state index contributed by atoms with van der Waals surface area (Å²) >= 11 is 0. The predicted octanol–water partition coefficient (Wildman–Crippen LogP) is 1.46. The Morgan fingerprint density at radius 2 is 2.17 bits per heavy atom. The van der Waals surface area contributed by atoms with E-state index in [0.29, 0.717) is 12.2 Å². The number of aliphatic imine (C=N–C) groups is 2. The second-order valence-electron chi connectivity index (χ2n) is 4.18. The lowest BCUT2D eigenvalue weighted by atomic mass is 9.78. The van der Waals surface area contributed by atoms with Gasteiger partial charge in [0.25, 0.3) is 0 Å². The molecule has 0 fully saturated rings. The molecule has 1 N–H and O–H groups in total. The van der Waals surface area contributed by atoms with Crippen molar-refractivity contribution in [3.8, 4) is 0 Å². The molecule has 5 heteroatoms. The molecule has 0 aromatic rings. The summed E-state index contributed by atoms with van der Waals surface area (Å²) in [7, 11) is 0. The Bertz CT molecular complexity index is 579. The number of nitrogens with zero attached hydrogens (tertiary/aromatic N) is 2. The summed E-state index contributed by atoms with van der Waals surface area (Å²) < 4.78 is 5.05. The van der Waals surface area contributed by atoms with Crippen molar-refractivity contribution in [1.29, 1.82) is 0 Å². The third-order valence-corrected chi connectivity index (χ3v) is 3.15. The zero-order chi connectivity index (χ0) is 12.6. The number of aliphatic carboxylic acids is 1. The minimum absolute atomic E-state index is 0.125. The molecule has 18 heavy (non-hydrogen) atoms. The van der Waals surface area contributed by atoms with E-state index in [9.17, 15) is 9.90 Å². The molecule has 0 unspecified atom stereocenters. The van der Waals surface area contributed by atoms with E-state index in [1.165, 1.54) is 6.21 Å². The van der Waals surface area contributed by atoms with Crippen molar-refractivity contribution in [3.63, 3.8) is 0 Å². The zero-order valence-electron chi connectivity index (χ0n) is 9.41. The summed E-state index contributed by atoms with van der Waals surface area (Å²) in [4.78, 5) is 19.6. The van der Waals surface area contributed by atoms with Crippen molar-refractivity contribution in [2.45, 2.75) is 0 Å². The lowest BCUT2D eigenvalue weighted by molar-refractivity contribution is -0.132. The molecule has 0 radical (unpaired) electrons.